The van der Waals surface area contributed by atoms with Gasteiger partial charge in [-0.3, -0.25) is 0 Å². The van der Waals surface area contributed by atoms with Gasteiger partial charge in [-0.1, -0.05) is 34.1 Å². The molecule has 1 heterocycles. The maximum absolute atomic E-state index is 3.87. The molecule has 0 radical (unpaired) electrons. The van der Waals surface area contributed by atoms with Crippen molar-refractivity contribution in [3.8, 4) is 0 Å². The minimum atomic E-state index is 0.483. The van der Waals surface area contributed by atoms with Crippen LogP contribution in [0.4, 0.5) is 0 Å². The summed E-state index contributed by atoms with van der Waals surface area (Å²) in [7, 11) is 0. The Balaban J connectivity index is 1.95. The fourth-order valence-electron chi connectivity index (χ4n) is 4.52. The lowest BCUT2D eigenvalue weighted by molar-refractivity contribution is 0.107. The van der Waals surface area contributed by atoms with E-state index in [1.54, 1.807) is 0 Å². The van der Waals surface area contributed by atoms with Crippen molar-refractivity contribution in [2.45, 2.75) is 84.7 Å². The standard InChI is InChI=1S/C18H36N2/c1-5-12-19-17-15(10-11-18(17,3)4)14-20-13-8-7-9-16(20)6-2/h15-17,19H,5-14H2,1-4H3. The second-order valence-electron chi connectivity index (χ2n) is 7.77. The third-order valence-corrected chi connectivity index (χ3v) is 5.78. The van der Waals surface area contributed by atoms with Gasteiger partial charge in [0.15, 0.2) is 0 Å². The molecule has 0 aromatic rings. The highest BCUT2D eigenvalue weighted by molar-refractivity contribution is 4.97. The van der Waals surface area contributed by atoms with Gasteiger partial charge in [0.1, 0.15) is 0 Å². The lowest BCUT2D eigenvalue weighted by Gasteiger charge is -2.39. The number of nitrogens with zero attached hydrogens (tertiary/aromatic N) is 1. The first-order valence-corrected chi connectivity index (χ1v) is 9.06. The molecule has 0 bridgehead atoms. The predicted molar refractivity (Wildman–Crippen MR) is 88.1 cm³/mol. The second-order valence-corrected chi connectivity index (χ2v) is 7.77. The fraction of sp³-hybridized carbons (Fsp3) is 1.00. The van der Waals surface area contributed by atoms with Crippen LogP contribution >= 0.6 is 0 Å². The van der Waals surface area contributed by atoms with Crippen molar-refractivity contribution >= 4 is 0 Å². The average Bonchev–Trinajstić information content (AvgIpc) is 2.72. The van der Waals surface area contributed by atoms with Crippen molar-refractivity contribution in [3.63, 3.8) is 0 Å². The topological polar surface area (TPSA) is 15.3 Å². The molecule has 0 aromatic carbocycles. The van der Waals surface area contributed by atoms with Crippen LogP contribution in [0.5, 0.6) is 0 Å². The molecule has 1 aliphatic carbocycles. The summed E-state index contributed by atoms with van der Waals surface area (Å²) in [4.78, 5) is 2.82. The summed E-state index contributed by atoms with van der Waals surface area (Å²) in [5.41, 5.74) is 0.483. The third kappa shape index (κ3) is 3.76. The summed E-state index contributed by atoms with van der Waals surface area (Å²) in [6.07, 6.45) is 9.69. The highest BCUT2D eigenvalue weighted by Gasteiger charge is 2.42. The maximum Gasteiger partial charge on any atom is 0.0159 e. The van der Waals surface area contributed by atoms with Crippen molar-refractivity contribution in [3.05, 3.63) is 0 Å². The van der Waals surface area contributed by atoms with Crippen LogP contribution in [-0.2, 0) is 0 Å². The van der Waals surface area contributed by atoms with Crippen LogP contribution in [0.3, 0.4) is 0 Å². The highest BCUT2D eigenvalue weighted by Crippen LogP contribution is 2.42. The normalized spacial score (nSPS) is 34.5. The van der Waals surface area contributed by atoms with Crippen LogP contribution in [0.2, 0.25) is 0 Å². The monoisotopic (exact) mass is 280 g/mol. The van der Waals surface area contributed by atoms with Crippen molar-refractivity contribution in [2.75, 3.05) is 19.6 Å². The molecule has 1 aliphatic heterocycles. The van der Waals surface area contributed by atoms with Gasteiger partial charge in [0.2, 0.25) is 0 Å². The van der Waals surface area contributed by atoms with E-state index in [9.17, 15) is 0 Å². The van der Waals surface area contributed by atoms with Crippen LogP contribution < -0.4 is 5.32 Å². The van der Waals surface area contributed by atoms with Gasteiger partial charge in [0.25, 0.3) is 0 Å². The third-order valence-electron chi connectivity index (χ3n) is 5.78. The minimum Gasteiger partial charge on any atom is -0.313 e. The zero-order valence-corrected chi connectivity index (χ0v) is 14.3. The Bertz CT molecular complexity index is 287. The van der Waals surface area contributed by atoms with Gasteiger partial charge in [-0.05, 0) is 62.9 Å². The Labute approximate surface area is 126 Å². The molecule has 2 fully saturated rings. The number of hydrogen-bond donors (Lipinski definition) is 1. The quantitative estimate of drug-likeness (QED) is 0.789. The maximum atomic E-state index is 3.87. The summed E-state index contributed by atoms with van der Waals surface area (Å²) in [6, 6.07) is 1.58. The van der Waals surface area contributed by atoms with Crippen LogP contribution in [-0.4, -0.2) is 36.6 Å². The largest absolute Gasteiger partial charge is 0.313 e. The minimum absolute atomic E-state index is 0.483. The van der Waals surface area contributed by atoms with E-state index in [1.807, 2.05) is 0 Å². The Morgan fingerprint density at radius 3 is 2.65 bits per heavy atom. The zero-order valence-electron chi connectivity index (χ0n) is 14.3. The fourth-order valence-corrected chi connectivity index (χ4v) is 4.52. The van der Waals surface area contributed by atoms with E-state index in [1.165, 1.54) is 64.6 Å². The van der Waals surface area contributed by atoms with Gasteiger partial charge < -0.3 is 10.2 Å². The molecule has 2 heteroatoms. The van der Waals surface area contributed by atoms with E-state index in [0.29, 0.717) is 5.41 Å². The first kappa shape index (κ1) is 16.3. The molecule has 0 aromatic heterocycles. The van der Waals surface area contributed by atoms with Crippen molar-refractivity contribution in [1.29, 1.82) is 0 Å². The van der Waals surface area contributed by atoms with Crippen molar-refractivity contribution in [2.24, 2.45) is 11.3 Å². The molecule has 2 nitrogen and oxygen atoms in total. The Morgan fingerprint density at radius 1 is 1.15 bits per heavy atom. The lowest BCUT2D eigenvalue weighted by atomic mass is 9.84. The average molecular weight is 280 g/mol. The SMILES string of the molecule is CCCNC1C(CN2CCCCC2CC)CCC1(C)C. The molecule has 1 N–H and O–H groups in total. The zero-order chi connectivity index (χ0) is 14.6. The molecular formula is C18H36N2. The summed E-state index contributed by atoms with van der Waals surface area (Å²) in [5.74, 6) is 0.865. The smallest absolute Gasteiger partial charge is 0.0159 e. The molecule has 1 saturated carbocycles. The molecular weight excluding hydrogens is 244 g/mol. The van der Waals surface area contributed by atoms with Gasteiger partial charge in [0.05, 0.1) is 0 Å². The van der Waals surface area contributed by atoms with Crippen LogP contribution in [0.1, 0.15) is 72.6 Å². The van der Waals surface area contributed by atoms with Crippen molar-refractivity contribution in [1.82, 2.24) is 10.2 Å². The lowest BCUT2D eigenvalue weighted by Crippen LogP contribution is -2.49. The summed E-state index contributed by atoms with van der Waals surface area (Å²) >= 11 is 0. The van der Waals surface area contributed by atoms with E-state index >= 15 is 0 Å². The molecule has 2 rings (SSSR count). The predicted octanol–water partition coefficient (Wildman–Crippen LogP) is 4.06. The molecule has 0 spiro atoms. The van der Waals surface area contributed by atoms with E-state index < -0.39 is 0 Å². The van der Waals surface area contributed by atoms with Gasteiger partial charge >= 0.3 is 0 Å². The number of likely N-dealkylation sites (tertiary alicyclic amines) is 1. The number of hydrogen-bond acceptors (Lipinski definition) is 2. The van der Waals surface area contributed by atoms with Crippen LogP contribution in [0, 0.1) is 11.3 Å². The van der Waals surface area contributed by atoms with Gasteiger partial charge in [0, 0.05) is 18.6 Å². The number of piperidine rings is 1. The Kier molecular flexibility index (Phi) is 5.92. The number of rotatable bonds is 6. The van der Waals surface area contributed by atoms with Crippen LogP contribution in [0.15, 0.2) is 0 Å². The van der Waals surface area contributed by atoms with E-state index in [4.69, 9.17) is 0 Å². The summed E-state index contributed by atoms with van der Waals surface area (Å²) < 4.78 is 0. The van der Waals surface area contributed by atoms with Crippen molar-refractivity contribution < 1.29 is 0 Å². The van der Waals surface area contributed by atoms with Gasteiger partial charge in [-0.25, -0.2) is 0 Å². The van der Waals surface area contributed by atoms with Gasteiger partial charge in [-0.2, -0.15) is 0 Å². The molecule has 118 valence electrons. The molecule has 20 heavy (non-hydrogen) atoms. The summed E-state index contributed by atoms with van der Waals surface area (Å²) in [6.45, 7) is 13.4. The first-order valence-electron chi connectivity index (χ1n) is 9.06. The van der Waals surface area contributed by atoms with E-state index in [0.717, 1.165) is 18.0 Å². The Morgan fingerprint density at radius 2 is 1.95 bits per heavy atom. The second kappa shape index (κ2) is 7.26. The van der Waals surface area contributed by atoms with Crippen LogP contribution in [0.25, 0.3) is 0 Å². The van der Waals surface area contributed by atoms with E-state index in [-0.39, 0.29) is 0 Å². The summed E-state index contributed by atoms with van der Waals surface area (Å²) in [5, 5.41) is 3.87. The molecule has 0 amide bonds. The van der Waals surface area contributed by atoms with Gasteiger partial charge in [-0.15, -0.1) is 0 Å². The molecule has 3 atom stereocenters. The molecule has 1 saturated heterocycles. The molecule has 2 aliphatic rings. The highest BCUT2D eigenvalue weighted by atomic mass is 15.2. The Hall–Kier alpha value is -0.0800. The number of nitrogens with one attached hydrogen (secondary N) is 1. The first-order chi connectivity index (χ1) is 9.58. The molecule has 3 unspecified atom stereocenters. The van der Waals surface area contributed by atoms with E-state index in [2.05, 4.69) is 37.9 Å².